The summed E-state index contributed by atoms with van der Waals surface area (Å²) in [5.74, 6) is 0. The molecule has 2 aromatic carbocycles. The maximum Gasteiger partial charge on any atom is 0.214 e. The van der Waals surface area contributed by atoms with Crippen LogP contribution in [0.15, 0.2) is 54.6 Å². The van der Waals surface area contributed by atoms with Crippen molar-refractivity contribution in [3.05, 3.63) is 60.2 Å². The summed E-state index contributed by atoms with van der Waals surface area (Å²) in [7, 11) is -3.44. The summed E-state index contributed by atoms with van der Waals surface area (Å²) in [6.45, 7) is 3.30. The molecule has 0 radical (unpaired) electrons. The van der Waals surface area contributed by atoms with Crippen molar-refractivity contribution in [3.8, 4) is 11.1 Å². The Morgan fingerprint density at radius 1 is 1.00 bits per heavy atom. The molecule has 4 nitrogen and oxygen atoms in total. The van der Waals surface area contributed by atoms with Gasteiger partial charge in [0.25, 0.3) is 0 Å². The van der Waals surface area contributed by atoms with Gasteiger partial charge in [-0.1, -0.05) is 67.4 Å². The Hall–Kier alpha value is -1.69. The van der Waals surface area contributed by atoms with Crippen molar-refractivity contribution in [3.63, 3.8) is 0 Å². The molecule has 0 amide bonds. The molecular formula is C21H27NO3S. The monoisotopic (exact) mass is 373 g/mol. The van der Waals surface area contributed by atoms with Crippen molar-refractivity contribution in [2.45, 2.75) is 56.4 Å². The molecule has 26 heavy (non-hydrogen) atoms. The zero-order valence-electron chi connectivity index (χ0n) is 15.4. The lowest BCUT2D eigenvalue weighted by Crippen LogP contribution is -2.53. The Morgan fingerprint density at radius 2 is 1.62 bits per heavy atom. The van der Waals surface area contributed by atoms with Crippen LogP contribution in [0.5, 0.6) is 0 Å². The van der Waals surface area contributed by atoms with Gasteiger partial charge in [-0.2, -0.15) is 0 Å². The summed E-state index contributed by atoms with van der Waals surface area (Å²) in [6, 6.07) is 17.4. The largest absolute Gasteiger partial charge is 0.383 e. The van der Waals surface area contributed by atoms with E-state index in [-0.39, 0.29) is 0 Å². The molecule has 0 aliphatic heterocycles. The van der Waals surface area contributed by atoms with Gasteiger partial charge >= 0.3 is 0 Å². The summed E-state index contributed by atoms with van der Waals surface area (Å²) in [5.41, 5.74) is 1.79. The lowest BCUT2D eigenvalue weighted by atomic mass is 9.76. The molecule has 3 rings (SSSR count). The minimum absolute atomic E-state index is 0.494. The Balaban J connectivity index is 1.89. The van der Waals surface area contributed by atoms with Crippen LogP contribution >= 0.6 is 0 Å². The minimum atomic E-state index is -3.44. The number of sulfonamides is 1. The Morgan fingerprint density at radius 3 is 2.23 bits per heavy atom. The van der Waals surface area contributed by atoms with Crippen LogP contribution in [0.3, 0.4) is 0 Å². The molecule has 1 aliphatic carbocycles. The highest BCUT2D eigenvalue weighted by atomic mass is 32.2. The molecule has 1 fully saturated rings. The Labute approximate surface area is 156 Å². The Bertz CT molecular complexity index is 831. The maximum absolute atomic E-state index is 12.3. The second-order valence-corrected chi connectivity index (χ2v) is 9.65. The van der Waals surface area contributed by atoms with Gasteiger partial charge in [-0.15, -0.1) is 0 Å². The van der Waals surface area contributed by atoms with E-state index in [2.05, 4.69) is 4.72 Å². The standard InChI is InChI=1S/C21H27NO3S/c1-16(2)26(24,25)22-20-10-6-7-15-21(20,23)19-13-11-18(12-14-19)17-8-4-3-5-9-17/h3-5,8-9,11-14,16,20,22-23H,6-7,10,15H2,1-2H3. The highest BCUT2D eigenvalue weighted by Crippen LogP contribution is 2.38. The van der Waals surface area contributed by atoms with Gasteiger partial charge in [0.2, 0.25) is 10.0 Å². The van der Waals surface area contributed by atoms with Crippen LogP contribution < -0.4 is 4.72 Å². The van der Waals surface area contributed by atoms with Gasteiger partial charge in [0, 0.05) is 0 Å². The van der Waals surface area contributed by atoms with Crippen LogP contribution in [0.1, 0.15) is 45.1 Å². The number of benzene rings is 2. The normalized spacial score (nSPS) is 23.9. The zero-order valence-corrected chi connectivity index (χ0v) is 16.2. The predicted molar refractivity (Wildman–Crippen MR) is 105 cm³/mol. The van der Waals surface area contributed by atoms with Crippen molar-refractivity contribution in [2.75, 3.05) is 0 Å². The van der Waals surface area contributed by atoms with Crippen molar-refractivity contribution in [2.24, 2.45) is 0 Å². The second-order valence-electron chi connectivity index (χ2n) is 7.38. The van der Waals surface area contributed by atoms with Gasteiger partial charge in [0.15, 0.2) is 0 Å². The molecule has 1 aliphatic rings. The number of rotatable bonds is 5. The second kappa shape index (κ2) is 7.51. The predicted octanol–water partition coefficient (Wildman–Crippen LogP) is 3.81. The van der Waals surface area contributed by atoms with Crippen molar-refractivity contribution < 1.29 is 13.5 Å². The molecule has 2 N–H and O–H groups in total. The molecule has 2 atom stereocenters. The molecular weight excluding hydrogens is 346 g/mol. The highest BCUT2D eigenvalue weighted by Gasteiger charge is 2.42. The van der Waals surface area contributed by atoms with Gasteiger partial charge in [-0.25, -0.2) is 13.1 Å². The fourth-order valence-electron chi connectivity index (χ4n) is 3.57. The van der Waals surface area contributed by atoms with Crippen molar-refractivity contribution in [1.82, 2.24) is 4.72 Å². The first-order valence-corrected chi connectivity index (χ1v) is 10.8. The van der Waals surface area contributed by atoms with Gasteiger partial charge in [-0.3, -0.25) is 0 Å². The van der Waals surface area contributed by atoms with E-state index >= 15 is 0 Å². The topological polar surface area (TPSA) is 66.4 Å². The molecule has 2 unspecified atom stereocenters. The van der Waals surface area contributed by atoms with Crippen LogP contribution in [0.4, 0.5) is 0 Å². The van der Waals surface area contributed by atoms with Gasteiger partial charge in [-0.05, 0) is 43.4 Å². The van der Waals surface area contributed by atoms with Gasteiger partial charge in [0.1, 0.15) is 5.60 Å². The van der Waals surface area contributed by atoms with E-state index in [4.69, 9.17) is 0 Å². The third-order valence-corrected chi connectivity index (χ3v) is 7.15. The molecule has 0 saturated heterocycles. The van der Waals surface area contributed by atoms with E-state index in [0.717, 1.165) is 29.5 Å². The zero-order chi connectivity index (χ0) is 18.8. The highest BCUT2D eigenvalue weighted by molar-refractivity contribution is 7.90. The fraction of sp³-hybridized carbons (Fsp3) is 0.429. The average molecular weight is 374 g/mol. The molecule has 5 heteroatoms. The van der Waals surface area contributed by atoms with E-state index in [1.54, 1.807) is 13.8 Å². The maximum atomic E-state index is 12.3. The molecule has 140 valence electrons. The van der Waals surface area contributed by atoms with E-state index < -0.39 is 26.9 Å². The third-order valence-electron chi connectivity index (χ3n) is 5.30. The van der Waals surface area contributed by atoms with E-state index in [9.17, 15) is 13.5 Å². The van der Waals surface area contributed by atoms with E-state index in [1.807, 2.05) is 54.6 Å². The summed E-state index contributed by atoms with van der Waals surface area (Å²) in [4.78, 5) is 0. The van der Waals surface area contributed by atoms with Crippen LogP contribution in [0.2, 0.25) is 0 Å². The molecule has 0 spiro atoms. The summed E-state index contributed by atoms with van der Waals surface area (Å²) >= 11 is 0. The van der Waals surface area contributed by atoms with Gasteiger partial charge in [0.05, 0.1) is 11.3 Å². The van der Waals surface area contributed by atoms with Crippen LogP contribution in [-0.4, -0.2) is 24.8 Å². The average Bonchev–Trinajstić information content (AvgIpc) is 2.64. The fourth-order valence-corrected chi connectivity index (χ4v) is 4.56. The number of aliphatic hydroxyl groups is 1. The van der Waals surface area contributed by atoms with Crippen molar-refractivity contribution in [1.29, 1.82) is 0 Å². The lowest BCUT2D eigenvalue weighted by Gasteiger charge is -2.41. The van der Waals surface area contributed by atoms with Gasteiger partial charge < -0.3 is 5.11 Å². The molecule has 0 bridgehead atoms. The summed E-state index contributed by atoms with van der Waals surface area (Å²) in [5, 5.41) is 10.9. The smallest absolute Gasteiger partial charge is 0.214 e. The van der Waals surface area contributed by atoms with Crippen LogP contribution in [0, 0.1) is 0 Å². The SMILES string of the molecule is CC(C)S(=O)(=O)NC1CCCCC1(O)c1ccc(-c2ccccc2)cc1. The molecule has 0 aromatic heterocycles. The number of nitrogens with one attached hydrogen (secondary N) is 1. The first-order valence-electron chi connectivity index (χ1n) is 9.22. The Kier molecular flexibility index (Phi) is 5.51. The third kappa shape index (κ3) is 3.85. The summed E-state index contributed by atoms with van der Waals surface area (Å²) in [6.07, 6.45) is 3.00. The van der Waals surface area contributed by atoms with E-state index in [0.29, 0.717) is 12.8 Å². The number of hydrogen-bond donors (Lipinski definition) is 2. The first kappa shape index (κ1) is 19.1. The lowest BCUT2D eigenvalue weighted by molar-refractivity contribution is -0.0249. The van der Waals surface area contributed by atoms with E-state index in [1.165, 1.54) is 0 Å². The molecule has 2 aromatic rings. The molecule has 0 heterocycles. The van der Waals surface area contributed by atoms with Crippen LogP contribution in [0.25, 0.3) is 11.1 Å². The van der Waals surface area contributed by atoms with Crippen LogP contribution in [-0.2, 0) is 15.6 Å². The quantitative estimate of drug-likeness (QED) is 0.837. The minimum Gasteiger partial charge on any atom is -0.383 e. The molecule has 1 saturated carbocycles. The summed E-state index contributed by atoms with van der Waals surface area (Å²) < 4.78 is 27.4. The first-order chi connectivity index (χ1) is 12.3. The number of hydrogen-bond acceptors (Lipinski definition) is 3. The van der Waals surface area contributed by atoms with Crippen molar-refractivity contribution >= 4 is 10.0 Å².